The third-order valence-corrected chi connectivity index (χ3v) is 4.13. The van der Waals surface area contributed by atoms with Gasteiger partial charge in [-0.15, -0.1) is 0 Å². The fourth-order valence-electron chi connectivity index (χ4n) is 2.27. The number of nitrogens with one attached hydrogen (secondary N) is 1. The second kappa shape index (κ2) is 5.61. The lowest BCUT2D eigenvalue weighted by atomic mass is 9.90. The summed E-state index contributed by atoms with van der Waals surface area (Å²) in [5.41, 5.74) is 8.32. The molecule has 2 rings (SSSR count). The number of ether oxygens (including phenoxy) is 1. The van der Waals surface area contributed by atoms with Crippen molar-refractivity contribution in [1.29, 1.82) is 0 Å². The summed E-state index contributed by atoms with van der Waals surface area (Å²) in [5, 5.41) is 2.95. The van der Waals surface area contributed by atoms with Crippen molar-refractivity contribution in [2.24, 2.45) is 5.73 Å². The lowest BCUT2D eigenvalue weighted by Gasteiger charge is -2.32. The Balaban J connectivity index is 2.19. The van der Waals surface area contributed by atoms with Gasteiger partial charge in [-0.3, -0.25) is 4.79 Å². The number of aryl methyl sites for hydroxylation is 2. The van der Waals surface area contributed by atoms with Crippen molar-refractivity contribution in [3.63, 3.8) is 0 Å². The first-order valence-corrected chi connectivity index (χ1v) is 7.16. The summed E-state index contributed by atoms with van der Waals surface area (Å²) >= 11 is 3.49. The van der Waals surface area contributed by atoms with E-state index in [1.807, 2.05) is 26.0 Å². The number of amides is 1. The zero-order valence-corrected chi connectivity index (χ0v) is 12.8. The Morgan fingerprint density at radius 2 is 2.00 bits per heavy atom. The van der Waals surface area contributed by atoms with Gasteiger partial charge >= 0.3 is 0 Å². The Morgan fingerprint density at radius 3 is 2.58 bits per heavy atom. The number of anilines is 1. The van der Waals surface area contributed by atoms with Crippen molar-refractivity contribution < 1.29 is 9.53 Å². The highest BCUT2D eigenvalue weighted by Crippen LogP contribution is 2.29. The molecule has 0 unspecified atom stereocenters. The minimum atomic E-state index is -0.824. The Morgan fingerprint density at radius 1 is 1.37 bits per heavy atom. The van der Waals surface area contributed by atoms with Crippen molar-refractivity contribution in [2.75, 3.05) is 18.5 Å². The van der Waals surface area contributed by atoms with Crippen LogP contribution in [0.4, 0.5) is 5.69 Å². The number of halogens is 1. The van der Waals surface area contributed by atoms with Crippen LogP contribution in [0, 0.1) is 13.8 Å². The van der Waals surface area contributed by atoms with Crippen molar-refractivity contribution in [3.05, 3.63) is 27.7 Å². The van der Waals surface area contributed by atoms with E-state index in [1.165, 1.54) is 0 Å². The molecule has 1 aromatic carbocycles. The number of carbonyl (C=O) groups excluding carboxylic acids is 1. The monoisotopic (exact) mass is 326 g/mol. The molecule has 1 aliphatic rings. The van der Waals surface area contributed by atoms with E-state index in [9.17, 15) is 4.79 Å². The van der Waals surface area contributed by atoms with Gasteiger partial charge < -0.3 is 15.8 Å². The molecule has 5 heteroatoms. The highest BCUT2D eigenvalue weighted by Gasteiger charge is 2.36. The second-order valence-corrected chi connectivity index (χ2v) is 6.02. The number of hydrogen-bond acceptors (Lipinski definition) is 3. The van der Waals surface area contributed by atoms with Crippen molar-refractivity contribution in [3.8, 4) is 0 Å². The van der Waals surface area contributed by atoms with Crippen LogP contribution in [0.25, 0.3) is 0 Å². The molecule has 0 aliphatic carbocycles. The molecule has 1 aromatic rings. The van der Waals surface area contributed by atoms with E-state index in [0.29, 0.717) is 26.1 Å². The normalized spacial score (nSPS) is 18.1. The smallest absolute Gasteiger partial charge is 0.244 e. The van der Waals surface area contributed by atoms with Gasteiger partial charge in [-0.2, -0.15) is 0 Å². The van der Waals surface area contributed by atoms with Gasteiger partial charge in [-0.25, -0.2) is 0 Å². The van der Waals surface area contributed by atoms with Crippen LogP contribution in [-0.4, -0.2) is 24.7 Å². The van der Waals surface area contributed by atoms with Gasteiger partial charge in [0.1, 0.15) is 5.54 Å². The molecule has 4 nitrogen and oxygen atoms in total. The third-order valence-electron chi connectivity index (χ3n) is 3.51. The predicted molar refractivity (Wildman–Crippen MR) is 79.2 cm³/mol. The average molecular weight is 327 g/mol. The molecule has 0 atom stereocenters. The third kappa shape index (κ3) is 3.16. The lowest BCUT2D eigenvalue weighted by molar-refractivity contribution is -0.124. The molecule has 0 radical (unpaired) electrons. The molecule has 3 N–H and O–H groups in total. The van der Waals surface area contributed by atoms with Crippen LogP contribution in [0.1, 0.15) is 24.0 Å². The number of nitrogens with two attached hydrogens (primary N) is 1. The summed E-state index contributed by atoms with van der Waals surface area (Å²) in [5.74, 6) is -0.136. The number of carbonyl (C=O) groups is 1. The summed E-state index contributed by atoms with van der Waals surface area (Å²) < 4.78 is 6.14. The molecular formula is C14H19BrN2O2. The van der Waals surface area contributed by atoms with E-state index < -0.39 is 5.54 Å². The summed E-state index contributed by atoms with van der Waals surface area (Å²) in [4.78, 5) is 12.4. The number of benzene rings is 1. The van der Waals surface area contributed by atoms with Gasteiger partial charge in [0.2, 0.25) is 5.91 Å². The van der Waals surface area contributed by atoms with Crippen LogP contribution in [0.2, 0.25) is 0 Å². The first kappa shape index (κ1) is 14.5. The molecule has 1 saturated heterocycles. The predicted octanol–water partition coefficient (Wildman–Crippen LogP) is 2.51. The van der Waals surface area contributed by atoms with E-state index in [0.717, 1.165) is 21.3 Å². The van der Waals surface area contributed by atoms with Gasteiger partial charge in [0, 0.05) is 17.7 Å². The summed E-state index contributed by atoms with van der Waals surface area (Å²) in [6.45, 7) is 5.07. The van der Waals surface area contributed by atoms with Crippen molar-refractivity contribution >= 4 is 27.5 Å². The topological polar surface area (TPSA) is 64.4 Å². The van der Waals surface area contributed by atoms with E-state index in [1.54, 1.807) is 0 Å². The SMILES string of the molecule is Cc1cc(C)c(NC(=O)C2(N)CCOCC2)c(Br)c1. The molecule has 1 fully saturated rings. The average Bonchev–Trinajstić information content (AvgIpc) is 2.34. The van der Waals surface area contributed by atoms with Gasteiger partial charge in [0.15, 0.2) is 0 Å². The largest absolute Gasteiger partial charge is 0.381 e. The lowest BCUT2D eigenvalue weighted by Crippen LogP contribution is -2.54. The molecule has 104 valence electrons. The van der Waals surface area contributed by atoms with E-state index in [2.05, 4.69) is 21.2 Å². The van der Waals surface area contributed by atoms with Gasteiger partial charge in [-0.05, 0) is 59.8 Å². The summed E-state index contributed by atoms with van der Waals surface area (Å²) in [7, 11) is 0. The fourth-order valence-corrected chi connectivity index (χ4v) is 3.05. The minimum absolute atomic E-state index is 0.136. The second-order valence-electron chi connectivity index (χ2n) is 5.16. The molecule has 19 heavy (non-hydrogen) atoms. The van der Waals surface area contributed by atoms with Crippen LogP contribution < -0.4 is 11.1 Å². The van der Waals surface area contributed by atoms with Crippen molar-refractivity contribution in [1.82, 2.24) is 0 Å². The van der Waals surface area contributed by atoms with Gasteiger partial charge in [0.05, 0.1) is 5.69 Å². The Bertz CT molecular complexity index is 473. The zero-order chi connectivity index (χ0) is 14.0. The van der Waals surface area contributed by atoms with Crippen LogP contribution in [-0.2, 0) is 9.53 Å². The summed E-state index contributed by atoms with van der Waals surface area (Å²) in [6, 6.07) is 4.02. The highest BCUT2D eigenvalue weighted by atomic mass is 79.9. The summed E-state index contributed by atoms with van der Waals surface area (Å²) in [6.07, 6.45) is 1.11. The molecule has 0 spiro atoms. The molecule has 0 saturated carbocycles. The first-order chi connectivity index (χ1) is 8.92. The van der Waals surface area contributed by atoms with E-state index in [4.69, 9.17) is 10.5 Å². The molecule has 1 heterocycles. The van der Waals surface area contributed by atoms with Crippen LogP contribution in [0.15, 0.2) is 16.6 Å². The molecule has 1 amide bonds. The molecular weight excluding hydrogens is 308 g/mol. The molecule has 0 aromatic heterocycles. The van der Waals surface area contributed by atoms with Crippen LogP contribution in [0.3, 0.4) is 0 Å². The quantitative estimate of drug-likeness (QED) is 0.877. The Hall–Kier alpha value is -0.910. The maximum atomic E-state index is 12.4. The minimum Gasteiger partial charge on any atom is -0.381 e. The standard InChI is InChI=1S/C14H19BrN2O2/c1-9-7-10(2)12(11(15)8-9)17-13(18)14(16)3-5-19-6-4-14/h7-8H,3-6,16H2,1-2H3,(H,17,18). The van der Waals surface area contributed by atoms with Gasteiger partial charge in [0.25, 0.3) is 0 Å². The first-order valence-electron chi connectivity index (χ1n) is 6.37. The fraction of sp³-hybridized carbons (Fsp3) is 0.500. The number of hydrogen-bond donors (Lipinski definition) is 2. The van der Waals surface area contributed by atoms with Gasteiger partial charge in [-0.1, -0.05) is 6.07 Å². The highest BCUT2D eigenvalue weighted by molar-refractivity contribution is 9.10. The zero-order valence-electron chi connectivity index (χ0n) is 11.3. The molecule has 0 bridgehead atoms. The molecule has 1 aliphatic heterocycles. The maximum absolute atomic E-state index is 12.4. The van der Waals surface area contributed by atoms with E-state index in [-0.39, 0.29) is 5.91 Å². The number of rotatable bonds is 2. The van der Waals surface area contributed by atoms with Crippen LogP contribution >= 0.6 is 15.9 Å². The van der Waals surface area contributed by atoms with Crippen molar-refractivity contribution in [2.45, 2.75) is 32.2 Å². The van der Waals surface area contributed by atoms with E-state index >= 15 is 0 Å². The maximum Gasteiger partial charge on any atom is 0.244 e. The Kier molecular flexibility index (Phi) is 4.28. The van der Waals surface area contributed by atoms with Crippen LogP contribution in [0.5, 0.6) is 0 Å². The Labute approximate surface area is 121 Å².